The minimum atomic E-state index is -0.824. The van der Waals surface area contributed by atoms with Gasteiger partial charge in [0.25, 0.3) is 0 Å². The monoisotopic (exact) mass is 183 g/mol. The van der Waals surface area contributed by atoms with E-state index in [1.54, 1.807) is 19.1 Å². The molecule has 0 bridgehead atoms. The van der Waals surface area contributed by atoms with E-state index < -0.39 is 11.6 Å². The van der Waals surface area contributed by atoms with Gasteiger partial charge in [0.15, 0.2) is 11.6 Å². The normalized spacial score (nSPS) is 11.1. The fourth-order valence-electron chi connectivity index (χ4n) is 1.07. The van der Waals surface area contributed by atoms with Crippen LogP contribution in [0.25, 0.3) is 6.08 Å². The van der Waals surface area contributed by atoms with Gasteiger partial charge in [-0.15, -0.1) is 0 Å². The fourth-order valence-corrected chi connectivity index (χ4v) is 1.07. The van der Waals surface area contributed by atoms with Crippen molar-refractivity contribution in [3.05, 3.63) is 41.0 Å². The first kappa shape index (κ1) is 9.86. The molecule has 0 saturated heterocycles. The maximum absolute atomic E-state index is 13.0. The summed E-state index contributed by atoms with van der Waals surface area (Å²) in [6.07, 6.45) is 3.06. The van der Waals surface area contributed by atoms with Crippen LogP contribution in [0.5, 0.6) is 0 Å². The van der Waals surface area contributed by atoms with Gasteiger partial charge in [0.2, 0.25) is 0 Å². The van der Waals surface area contributed by atoms with Crippen molar-refractivity contribution in [3.8, 4) is 0 Å². The lowest BCUT2D eigenvalue weighted by Gasteiger charge is -2.00. The van der Waals surface area contributed by atoms with E-state index in [0.29, 0.717) is 12.1 Å². The lowest BCUT2D eigenvalue weighted by atomic mass is 10.1. The third-order valence-corrected chi connectivity index (χ3v) is 1.63. The highest BCUT2D eigenvalue weighted by Gasteiger charge is 2.05. The van der Waals surface area contributed by atoms with Crippen molar-refractivity contribution in [3.63, 3.8) is 0 Å². The van der Waals surface area contributed by atoms with Gasteiger partial charge in [0.05, 0.1) is 0 Å². The molecule has 0 unspecified atom stereocenters. The van der Waals surface area contributed by atoms with Crippen LogP contribution in [0.1, 0.15) is 11.1 Å². The number of hydrogen-bond acceptors (Lipinski definition) is 1. The molecule has 0 atom stereocenters. The molecule has 0 fully saturated rings. The van der Waals surface area contributed by atoms with E-state index in [1.807, 2.05) is 0 Å². The first-order valence-electron chi connectivity index (χ1n) is 3.97. The van der Waals surface area contributed by atoms with Gasteiger partial charge >= 0.3 is 0 Å². The predicted octanol–water partition coefficient (Wildman–Crippen LogP) is 2.25. The molecule has 0 aliphatic heterocycles. The molecule has 0 heterocycles. The summed E-state index contributed by atoms with van der Waals surface area (Å²) in [6, 6.07) is 2.74. The second-order valence-corrected chi connectivity index (χ2v) is 2.79. The number of aryl methyl sites for hydroxylation is 1. The quantitative estimate of drug-likeness (QED) is 0.747. The Kier molecular flexibility index (Phi) is 3.14. The summed E-state index contributed by atoms with van der Waals surface area (Å²) in [5.41, 5.74) is 6.13. The summed E-state index contributed by atoms with van der Waals surface area (Å²) in [4.78, 5) is 0. The van der Waals surface area contributed by atoms with Gasteiger partial charge in [-0.3, -0.25) is 0 Å². The van der Waals surface area contributed by atoms with Crippen LogP contribution in [0.4, 0.5) is 8.78 Å². The summed E-state index contributed by atoms with van der Waals surface area (Å²) in [5.74, 6) is -1.65. The van der Waals surface area contributed by atoms with Crippen LogP contribution < -0.4 is 5.73 Å². The van der Waals surface area contributed by atoms with Gasteiger partial charge in [-0.25, -0.2) is 8.78 Å². The van der Waals surface area contributed by atoms with Crippen molar-refractivity contribution < 1.29 is 8.78 Å². The van der Waals surface area contributed by atoms with Crippen LogP contribution >= 0.6 is 0 Å². The predicted molar refractivity (Wildman–Crippen MR) is 49.2 cm³/mol. The molecule has 2 N–H and O–H groups in total. The SMILES string of the molecule is Cc1cc(F)c(F)c(/C=C/CN)c1. The van der Waals surface area contributed by atoms with Crippen molar-refractivity contribution in [2.24, 2.45) is 5.73 Å². The number of nitrogens with two attached hydrogens (primary N) is 1. The standard InChI is InChI=1S/C10H11F2N/c1-7-5-8(3-2-4-13)10(12)9(11)6-7/h2-3,5-6H,4,13H2,1H3/b3-2+. The first-order chi connectivity index (χ1) is 6.15. The van der Waals surface area contributed by atoms with Crippen molar-refractivity contribution in [2.45, 2.75) is 6.92 Å². The summed E-state index contributed by atoms with van der Waals surface area (Å²) >= 11 is 0. The van der Waals surface area contributed by atoms with Crippen molar-refractivity contribution >= 4 is 6.08 Å². The zero-order valence-corrected chi connectivity index (χ0v) is 7.35. The molecule has 0 saturated carbocycles. The Hall–Kier alpha value is -1.22. The largest absolute Gasteiger partial charge is 0.327 e. The van der Waals surface area contributed by atoms with Crippen LogP contribution in [0.2, 0.25) is 0 Å². The van der Waals surface area contributed by atoms with E-state index in [9.17, 15) is 8.78 Å². The summed E-state index contributed by atoms with van der Waals surface area (Å²) in [7, 11) is 0. The zero-order chi connectivity index (χ0) is 9.84. The summed E-state index contributed by atoms with van der Waals surface area (Å²) in [5, 5.41) is 0. The maximum atomic E-state index is 13.0. The molecule has 0 spiro atoms. The highest BCUT2D eigenvalue weighted by Crippen LogP contribution is 2.15. The van der Waals surface area contributed by atoms with Crippen LogP contribution in [0, 0.1) is 18.6 Å². The smallest absolute Gasteiger partial charge is 0.166 e. The van der Waals surface area contributed by atoms with Crippen molar-refractivity contribution in [2.75, 3.05) is 6.54 Å². The van der Waals surface area contributed by atoms with Crippen LogP contribution in [-0.4, -0.2) is 6.54 Å². The van der Waals surface area contributed by atoms with Crippen molar-refractivity contribution in [1.82, 2.24) is 0 Å². The molecule has 0 aliphatic carbocycles. The minimum Gasteiger partial charge on any atom is -0.327 e. The van der Waals surface area contributed by atoms with E-state index in [2.05, 4.69) is 0 Å². The minimum absolute atomic E-state index is 0.239. The maximum Gasteiger partial charge on any atom is 0.166 e. The number of hydrogen-bond donors (Lipinski definition) is 1. The number of rotatable bonds is 2. The van der Waals surface area contributed by atoms with E-state index in [1.165, 1.54) is 6.08 Å². The topological polar surface area (TPSA) is 26.0 Å². The molecule has 0 radical (unpaired) electrons. The van der Waals surface area contributed by atoms with Crippen LogP contribution in [0.15, 0.2) is 18.2 Å². The molecule has 1 aromatic rings. The second-order valence-electron chi connectivity index (χ2n) is 2.79. The van der Waals surface area contributed by atoms with Gasteiger partial charge in [0, 0.05) is 12.1 Å². The molecule has 1 aromatic carbocycles. The number of halogens is 2. The third kappa shape index (κ3) is 2.36. The Labute approximate surface area is 75.9 Å². The lowest BCUT2D eigenvalue weighted by molar-refractivity contribution is 0.506. The Balaban J connectivity index is 3.12. The van der Waals surface area contributed by atoms with Gasteiger partial charge < -0.3 is 5.73 Å². The Morgan fingerprint density at radius 1 is 1.38 bits per heavy atom. The molecule has 3 heteroatoms. The average molecular weight is 183 g/mol. The van der Waals surface area contributed by atoms with E-state index in [-0.39, 0.29) is 5.56 Å². The zero-order valence-electron chi connectivity index (χ0n) is 7.35. The van der Waals surface area contributed by atoms with Crippen LogP contribution in [0.3, 0.4) is 0 Å². The van der Waals surface area contributed by atoms with Crippen molar-refractivity contribution in [1.29, 1.82) is 0 Å². The Bertz CT molecular complexity index is 332. The molecule has 13 heavy (non-hydrogen) atoms. The summed E-state index contributed by atoms with van der Waals surface area (Å²) < 4.78 is 25.9. The van der Waals surface area contributed by atoms with E-state index >= 15 is 0 Å². The van der Waals surface area contributed by atoms with Gasteiger partial charge in [0.1, 0.15) is 0 Å². The fraction of sp³-hybridized carbons (Fsp3) is 0.200. The van der Waals surface area contributed by atoms with Gasteiger partial charge in [-0.05, 0) is 24.6 Å². The van der Waals surface area contributed by atoms with E-state index in [4.69, 9.17) is 5.73 Å². The third-order valence-electron chi connectivity index (χ3n) is 1.63. The number of benzene rings is 1. The highest BCUT2D eigenvalue weighted by molar-refractivity contribution is 5.51. The lowest BCUT2D eigenvalue weighted by Crippen LogP contribution is -1.94. The van der Waals surface area contributed by atoms with E-state index in [0.717, 1.165) is 6.07 Å². The first-order valence-corrected chi connectivity index (χ1v) is 3.97. The Morgan fingerprint density at radius 2 is 2.08 bits per heavy atom. The van der Waals surface area contributed by atoms with Crippen LogP contribution in [-0.2, 0) is 0 Å². The molecule has 0 aromatic heterocycles. The average Bonchev–Trinajstić information content (AvgIpc) is 2.09. The molecule has 70 valence electrons. The Morgan fingerprint density at radius 3 is 2.69 bits per heavy atom. The molecule has 0 amide bonds. The molecule has 1 rings (SSSR count). The molecule has 1 nitrogen and oxygen atoms in total. The second kappa shape index (κ2) is 4.14. The highest BCUT2D eigenvalue weighted by atomic mass is 19.2. The summed E-state index contributed by atoms with van der Waals surface area (Å²) in [6.45, 7) is 2.03. The molecule has 0 aliphatic rings. The van der Waals surface area contributed by atoms with Gasteiger partial charge in [-0.1, -0.05) is 12.2 Å². The molecular formula is C10H11F2N. The van der Waals surface area contributed by atoms with Gasteiger partial charge in [-0.2, -0.15) is 0 Å². The molecular weight excluding hydrogens is 172 g/mol.